The summed E-state index contributed by atoms with van der Waals surface area (Å²) >= 11 is 0. The lowest BCUT2D eigenvalue weighted by atomic mass is 10.3. The zero-order valence-corrected chi connectivity index (χ0v) is 12.7. The molecule has 1 aromatic rings. The summed E-state index contributed by atoms with van der Waals surface area (Å²) in [6.45, 7) is 6.76. The molecule has 1 aromatic carbocycles. The summed E-state index contributed by atoms with van der Waals surface area (Å²) in [4.78, 5) is 14.1. The number of nitrogens with zero attached hydrogens (tertiary/aromatic N) is 1. The fourth-order valence-corrected chi connectivity index (χ4v) is 2.19. The van der Waals surface area contributed by atoms with Crippen LogP contribution in [0.25, 0.3) is 0 Å². The van der Waals surface area contributed by atoms with Gasteiger partial charge in [0.1, 0.15) is 11.6 Å². The number of amides is 2. The van der Waals surface area contributed by atoms with Crippen LogP contribution in [0.4, 0.5) is 14.9 Å². The van der Waals surface area contributed by atoms with Crippen molar-refractivity contribution in [1.82, 2.24) is 10.2 Å². The largest absolute Gasteiger partial charge is 0.492 e. The third-order valence-electron chi connectivity index (χ3n) is 3.31. The Morgan fingerprint density at radius 3 is 2.91 bits per heavy atom. The van der Waals surface area contributed by atoms with E-state index in [2.05, 4.69) is 15.5 Å². The maximum atomic E-state index is 13.2. The Morgan fingerprint density at radius 1 is 1.41 bits per heavy atom. The van der Waals surface area contributed by atoms with E-state index in [-0.39, 0.29) is 6.03 Å². The highest BCUT2D eigenvalue weighted by molar-refractivity contribution is 5.90. The second-order valence-electron chi connectivity index (χ2n) is 4.91. The molecular formula is C15H22FN3O3. The zero-order valence-electron chi connectivity index (χ0n) is 12.7. The minimum absolute atomic E-state index is 0.325. The van der Waals surface area contributed by atoms with Crippen LogP contribution < -0.4 is 15.4 Å². The fraction of sp³-hybridized carbons (Fsp3) is 0.533. The van der Waals surface area contributed by atoms with Crippen molar-refractivity contribution in [3.63, 3.8) is 0 Å². The number of urea groups is 1. The smallest absolute Gasteiger partial charge is 0.319 e. The first-order valence-electron chi connectivity index (χ1n) is 7.46. The molecule has 0 unspecified atom stereocenters. The van der Waals surface area contributed by atoms with Crippen molar-refractivity contribution in [2.45, 2.75) is 6.92 Å². The number of halogens is 1. The maximum absolute atomic E-state index is 13.2. The molecule has 2 amide bonds. The van der Waals surface area contributed by atoms with E-state index < -0.39 is 5.82 Å². The van der Waals surface area contributed by atoms with Gasteiger partial charge in [0, 0.05) is 32.2 Å². The first kappa shape index (κ1) is 16.5. The number of anilines is 1. The summed E-state index contributed by atoms with van der Waals surface area (Å²) in [5.74, 6) is -0.0763. The van der Waals surface area contributed by atoms with Gasteiger partial charge in [-0.25, -0.2) is 9.18 Å². The molecule has 0 aromatic heterocycles. The van der Waals surface area contributed by atoms with Crippen LogP contribution in [-0.4, -0.2) is 56.9 Å². The predicted octanol–water partition coefficient (Wildman–Crippen LogP) is 1.68. The van der Waals surface area contributed by atoms with Gasteiger partial charge in [-0.3, -0.25) is 4.90 Å². The molecule has 7 heteroatoms. The molecule has 0 atom stereocenters. The van der Waals surface area contributed by atoms with Crippen LogP contribution in [0.5, 0.6) is 5.75 Å². The number of hydrogen-bond donors (Lipinski definition) is 2. The molecule has 122 valence electrons. The molecule has 1 aliphatic rings. The first-order valence-corrected chi connectivity index (χ1v) is 7.46. The summed E-state index contributed by atoms with van der Waals surface area (Å²) in [7, 11) is 0. The van der Waals surface area contributed by atoms with Crippen molar-refractivity contribution in [3.8, 4) is 5.75 Å². The summed E-state index contributed by atoms with van der Waals surface area (Å²) < 4.78 is 23.8. The highest BCUT2D eigenvalue weighted by Gasteiger charge is 2.11. The molecule has 22 heavy (non-hydrogen) atoms. The molecule has 1 saturated heterocycles. The van der Waals surface area contributed by atoms with Crippen LogP contribution in [0.1, 0.15) is 6.92 Å². The van der Waals surface area contributed by atoms with Crippen molar-refractivity contribution in [1.29, 1.82) is 0 Å². The fourth-order valence-electron chi connectivity index (χ4n) is 2.19. The van der Waals surface area contributed by atoms with Gasteiger partial charge in [0.15, 0.2) is 0 Å². The van der Waals surface area contributed by atoms with Crippen LogP contribution in [0, 0.1) is 5.82 Å². The Labute approximate surface area is 129 Å². The van der Waals surface area contributed by atoms with Crippen molar-refractivity contribution < 1.29 is 18.7 Å². The van der Waals surface area contributed by atoms with Gasteiger partial charge < -0.3 is 20.1 Å². The van der Waals surface area contributed by atoms with Crippen LogP contribution in [0.3, 0.4) is 0 Å². The van der Waals surface area contributed by atoms with E-state index in [4.69, 9.17) is 9.47 Å². The second-order valence-corrected chi connectivity index (χ2v) is 4.91. The molecule has 0 saturated carbocycles. The molecule has 2 N–H and O–H groups in total. The first-order chi connectivity index (χ1) is 10.7. The minimum Gasteiger partial charge on any atom is -0.492 e. The molecule has 0 radical (unpaired) electrons. The van der Waals surface area contributed by atoms with Gasteiger partial charge in [0.2, 0.25) is 0 Å². The Balaban J connectivity index is 1.78. The number of benzene rings is 1. The van der Waals surface area contributed by atoms with Crippen molar-refractivity contribution >= 4 is 11.7 Å². The molecule has 0 bridgehead atoms. The Bertz CT molecular complexity index is 493. The summed E-state index contributed by atoms with van der Waals surface area (Å²) in [6.07, 6.45) is 0. The van der Waals surface area contributed by atoms with E-state index in [1.165, 1.54) is 18.2 Å². The van der Waals surface area contributed by atoms with Gasteiger partial charge in [-0.15, -0.1) is 0 Å². The normalized spacial score (nSPS) is 15.4. The third kappa shape index (κ3) is 5.16. The van der Waals surface area contributed by atoms with E-state index in [1.54, 1.807) is 6.92 Å². The van der Waals surface area contributed by atoms with Crippen LogP contribution in [-0.2, 0) is 4.74 Å². The van der Waals surface area contributed by atoms with Crippen LogP contribution >= 0.6 is 0 Å². The summed E-state index contributed by atoms with van der Waals surface area (Å²) in [5.41, 5.74) is 0.451. The van der Waals surface area contributed by atoms with Crippen molar-refractivity contribution in [2.24, 2.45) is 0 Å². The molecular weight excluding hydrogens is 289 g/mol. The number of morpholine rings is 1. The van der Waals surface area contributed by atoms with Gasteiger partial charge in [-0.2, -0.15) is 0 Å². The van der Waals surface area contributed by atoms with E-state index in [1.807, 2.05) is 0 Å². The van der Waals surface area contributed by atoms with E-state index in [0.29, 0.717) is 24.6 Å². The highest BCUT2D eigenvalue weighted by Crippen LogP contribution is 2.25. The molecule has 0 aliphatic carbocycles. The average molecular weight is 311 g/mol. The Kier molecular flexibility index (Phi) is 6.42. The van der Waals surface area contributed by atoms with Gasteiger partial charge in [0.05, 0.1) is 25.5 Å². The molecule has 1 heterocycles. The second kappa shape index (κ2) is 8.55. The number of nitrogens with one attached hydrogen (secondary N) is 2. The number of carbonyl (C=O) groups is 1. The SMILES string of the molecule is CCOc1cc(F)ccc1NC(=O)NCCN1CCOCC1. The standard InChI is InChI=1S/C15H22FN3O3/c1-2-22-14-11-12(16)3-4-13(14)18-15(20)17-5-6-19-7-9-21-10-8-19/h3-4,11H,2,5-10H2,1H3,(H2,17,18,20). The molecule has 0 spiro atoms. The van der Waals surface area contributed by atoms with Gasteiger partial charge in [-0.05, 0) is 19.1 Å². The summed E-state index contributed by atoms with van der Waals surface area (Å²) in [6, 6.07) is 3.70. The molecule has 2 rings (SSSR count). The average Bonchev–Trinajstić information content (AvgIpc) is 2.51. The minimum atomic E-state index is -0.401. The Morgan fingerprint density at radius 2 is 2.18 bits per heavy atom. The molecule has 1 aliphatic heterocycles. The highest BCUT2D eigenvalue weighted by atomic mass is 19.1. The monoisotopic (exact) mass is 311 g/mol. The number of rotatable bonds is 6. The van der Waals surface area contributed by atoms with E-state index in [9.17, 15) is 9.18 Å². The van der Waals surface area contributed by atoms with Crippen molar-refractivity contribution in [2.75, 3.05) is 51.3 Å². The molecule has 6 nitrogen and oxygen atoms in total. The Hall–Kier alpha value is -1.86. The lowest BCUT2D eigenvalue weighted by Crippen LogP contribution is -2.42. The van der Waals surface area contributed by atoms with Crippen LogP contribution in [0.15, 0.2) is 18.2 Å². The zero-order chi connectivity index (χ0) is 15.8. The van der Waals surface area contributed by atoms with Crippen LogP contribution in [0.2, 0.25) is 0 Å². The van der Waals surface area contributed by atoms with Gasteiger partial charge in [-0.1, -0.05) is 0 Å². The lowest BCUT2D eigenvalue weighted by molar-refractivity contribution is 0.0388. The number of carbonyl (C=O) groups excluding carboxylic acids is 1. The van der Waals surface area contributed by atoms with Gasteiger partial charge >= 0.3 is 6.03 Å². The summed E-state index contributed by atoms with van der Waals surface area (Å²) in [5, 5.41) is 5.46. The predicted molar refractivity (Wildman–Crippen MR) is 81.8 cm³/mol. The lowest BCUT2D eigenvalue weighted by Gasteiger charge is -2.26. The molecule has 1 fully saturated rings. The van der Waals surface area contributed by atoms with E-state index >= 15 is 0 Å². The number of hydrogen-bond acceptors (Lipinski definition) is 4. The quantitative estimate of drug-likeness (QED) is 0.839. The third-order valence-corrected chi connectivity index (χ3v) is 3.31. The van der Waals surface area contributed by atoms with Crippen molar-refractivity contribution in [3.05, 3.63) is 24.0 Å². The number of ether oxygens (including phenoxy) is 2. The topological polar surface area (TPSA) is 62.8 Å². The van der Waals surface area contributed by atoms with Gasteiger partial charge in [0.25, 0.3) is 0 Å². The van der Waals surface area contributed by atoms with E-state index in [0.717, 1.165) is 32.8 Å². The maximum Gasteiger partial charge on any atom is 0.319 e.